The lowest BCUT2D eigenvalue weighted by molar-refractivity contribution is -0.383. The monoisotopic (exact) mass is 368 g/mol. The highest BCUT2D eigenvalue weighted by molar-refractivity contribution is 5.80. The number of pyridine rings is 1. The van der Waals surface area contributed by atoms with Crippen molar-refractivity contribution in [3.05, 3.63) is 46.0 Å². The molecule has 1 aromatic heterocycles. The van der Waals surface area contributed by atoms with Crippen LogP contribution < -0.4 is 10.6 Å². The SMILES string of the molecule is Nc1nc(-c2ccccc2C(F)(F)F)cc(N2CCOCC2)c1[N+](=O)[O-]. The molecule has 26 heavy (non-hydrogen) atoms. The number of anilines is 2. The van der Waals surface area contributed by atoms with Crippen LogP contribution in [0.1, 0.15) is 5.56 Å². The lowest BCUT2D eigenvalue weighted by Crippen LogP contribution is -2.36. The summed E-state index contributed by atoms with van der Waals surface area (Å²) in [5.74, 6) is -0.425. The minimum absolute atomic E-state index is 0.0671. The number of nitrogen functional groups attached to an aromatic ring is 1. The molecule has 0 radical (unpaired) electrons. The Kier molecular flexibility index (Phi) is 4.68. The molecule has 10 heteroatoms. The Morgan fingerprint density at radius 3 is 2.50 bits per heavy atom. The highest BCUT2D eigenvalue weighted by Gasteiger charge is 2.35. The van der Waals surface area contributed by atoms with Crippen LogP contribution in [-0.2, 0) is 10.9 Å². The zero-order valence-corrected chi connectivity index (χ0v) is 13.5. The van der Waals surface area contributed by atoms with Crippen molar-refractivity contribution in [2.75, 3.05) is 36.9 Å². The van der Waals surface area contributed by atoms with Gasteiger partial charge in [-0.2, -0.15) is 13.2 Å². The Bertz CT molecular complexity index is 836. The second-order valence-corrected chi connectivity index (χ2v) is 5.66. The van der Waals surface area contributed by atoms with Crippen LogP contribution in [0.3, 0.4) is 0 Å². The van der Waals surface area contributed by atoms with Crippen molar-refractivity contribution in [1.82, 2.24) is 4.98 Å². The third-order valence-electron chi connectivity index (χ3n) is 4.04. The average molecular weight is 368 g/mol. The number of morpholine rings is 1. The summed E-state index contributed by atoms with van der Waals surface area (Å²) in [5, 5.41) is 11.4. The summed E-state index contributed by atoms with van der Waals surface area (Å²) in [7, 11) is 0. The van der Waals surface area contributed by atoms with Gasteiger partial charge in [0.05, 0.1) is 29.4 Å². The van der Waals surface area contributed by atoms with E-state index in [1.807, 2.05) is 0 Å². The number of nitro groups is 1. The number of alkyl halides is 3. The quantitative estimate of drug-likeness (QED) is 0.661. The maximum atomic E-state index is 13.3. The molecule has 0 bridgehead atoms. The van der Waals surface area contributed by atoms with Crippen molar-refractivity contribution in [3.63, 3.8) is 0 Å². The van der Waals surface area contributed by atoms with Gasteiger partial charge in [0.15, 0.2) is 0 Å². The molecule has 1 aliphatic heterocycles. The number of rotatable bonds is 3. The van der Waals surface area contributed by atoms with E-state index >= 15 is 0 Å². The molecule has 7 nitrogen and oxygen atoms in total. The van der Waals surface area contributed by atoms with E-state index in [9.17, 15) is 23.3 Å². The van der Waals surface area contributed by atoms with Crippen molar-refractivity contribution in [2.24, 2.45) is 0 Å². The fourth-order valence-corrected chi connectivity index (χ4v) is 2.87. The van der Waals surface area contributed by atoms with Crippen LogP contribution in [0.15, 0.2) is 30.3 Å². The third kappa shape index (κ3) is 3.40. The summed E-state index contributed by atoms with van der Waals surface area (Å²) in [6.07, 6.45) is -4.59. The van der Waals surface area contributed by atoms with Crippen LogP contribution in [0.2, 0.25) is 0 Å². The van der Waals surface area contributed by atoms with E-state index in [4.69, 9.17) is 10.5 Å². The first-order chi connectivity index (χ1) is 12.3. The molecule has 1 aliphatic rings. The van der Waals surface area contributed by atoms with Crippen LogP contribution in [0.5, 0.6) is 0 Å². The Hall–Kier alpha value is -2.88. The van der Waals surface area contributed by atoms with E-state index in [0.29, 0.717) is 26.3 Å². The molecular weight excluding hydrogens is 353 g/mol. The van der Waals surface area contributed by atoms with Gasteiger partial charge >= 0.3 is 11.9 Å². The minimum Gasteiger partial charge on any atom is -0.378 e. The Morgan fingerprint density at radius 2 is 1.88 bits per heavy atom. The zero-order chi connectivity index (χ0) is 18.9. The molecule has 2 heterocycles. The Morgan fingerprint density at radius 1 is 1.23 bits per heavy atom. The van der Waals surface area contributed by atoms with E-state index in [-0.39, 0.29) is 16.9 Å². The van der Waals surface area contributed by atoms with Gasteiger partial charge in [-0.3, -0.25) is 10.1 Å². The number of hydrogen-bond donors (Lipinski definition) is 1. The predicted molar refractivity (Wildman–Crippen MR) is 88.8 cm³/mol. The van der Waals surface area contributed by atoms with Gasteiger partial charge in [0, 0.05) is 18.7 Å². The molecule has 138 valence electrons. The van der Waals surface area contributed by atoms with Crippen molar-refractivity contribution in [3.8, 4) is 11.3 Å². The van der Waals surface area contributed by atoms with Crippen LogP contribution in [0.25, 0.3) is 11.3 Å². The van der Waals surface area contributed by atoms with Crippen molar-refractivity contribution < 1.29 is 22.8 Å². The number of ether oxygens (including phenoxy) is 1. The minimum atomic E-state index is -4.59. The molecule has 3 rings (SSSR count). The zero-order valence-electron chi connectivity index (χ0n) is 13.5. The summed E-state index contributed by atoms with van der Waals surface area (Å²) in [5.41, 5.74) is 4.32. The van der Waals surface area contributed by atoms with E-state index in [0.717, 1.165) is 6.07 Å². The highest BCUT2D eigenvalue weighted by Crippen LogP contribution is 2.40. The van der Waals surface area contributed by atoms with Gasteiger partial charge in [0.2, 0.25) is 5.82 Å². The van der Waals surface area contributed by atoms with Gasteiger partial charge in [-0.1, -0.05) is 18.2 Å². The van der Waals surface area contributed by atoms with E-state index in [2.05, 4.69) is 4.98 Å². The molecule has 0 aliphatic carbocycles. The van der Waals surface area contributed by atoms with Gasteiger partial charge < -0.3 is 15.4 Å². The lowest BCUT2D eigenvalue weighted by Gasteiger charge is -2.29. The number of nitrogens with zero attached hydrogens (tertiary/aromatic N) is 3. The summed E-state index contributed by atoms with van der Waals surface area (Å²) < 4.78 is 45.1. The number of nitrogens with two attached hydrogens (primary N) is 1. The first-order valence-corrected chi connectivity index (χ1v) is 7.73. The lowest BCUT2D eigenvalue weighted by atomic mass is 10.0. The van der Waals surface area contributed by atoms with E-state index < -0.39 is 28.2 Å². The van der Waals surface area contributed by atoms with Crippen LogP contribution in [0.4, 0.5) is 30.4 Å². The van der Waals surface area contributed by atoms with Gasteiger partial charge in [0.1, 0.15) is 5.69 Å². The second kappa shape index (κ2) is 6.79. The molecule has 0 unspecified atom stereocenters. The molecule has 1 fully saturated rings. The molecule has 1 saturated heterocycles. The van der Waals surface area contributed by atoms with Crippen molar-refractivity contribution in [1.29, 1.82) is 0 Å². The predicted octanol–water partition coefficient (Wildman–Crippen LogP) is 3.09. The molecular formula is C16H15F3N4O3. The van der Waals surface area contributed by atoms with Gasteiger partial charge in [-0.05, 0) is 12.1 Å². The average Bonchev–Trinajstić information content (AvgIpc) is 2.60. The molecule has 0 saturated carbocycles. The van der Waals surface area contributed by atoms with Gasteiger partial charge in [0.25, 0.3) is 0 Å². The Labute approximate surface area is 146 Å². The highest BCUT2D eigenvalue weighted by atomic mass is 19.4. The van der Waals surface area contributed by atoms with Crippen molar-refractivity contribution in [2.45, 2.75) is 6.18 Å². The molecule has 2 aromatic rings. The fraction of sp³-hybridized carbons (Fsp3) is 0.312. The number of hydrogen-bond acceptors (Lipinski definition) is 6. The standard InChI is InChI=1S/C16H15F3N4O3/c17-16(18,19)11-4-2-1-3-10(11)12-9-13(22-5-7-26-8-6-22)14(23(24)25)15(20)21-12/h1-4,9H,5-8H2,(H2,20,21). The number of halogens is 3. The van der Waals surface area contributed by atoms with Crippen LogP contribution in [0, 0.1) is 10.1 Å². The summed E-state index contributed by atoms with van der Waals surface area (Å²) in [6.45, 7) is 1.44. The van der Waals surface area contributed by atoms with Crippen LogP contribution in [-0.4, -0.2) is 36.2 Å². The van der Waals surface area contributed by atoms with Gasteiger partial charge in [-0.25, -0.2) is 4.98 Å². The van der Waals surface area contributed by atoms with Gasteiger partial charge in [-0.15, -0.1) is 0 Å². The maximum absolute atomic E-state index is 13.3. The maximum Gasteiger partial charge on any atom is 0.417 e. The van der Waals surface area contributed by atoms with E-state index in [1.54, 1.807) is 4.90 Å². The summed E-state index contributed by atoms with van der Waals surface area (Å²) >= 11 is 0. The number of aromatic nitrogens is 1. The number of benzene rings is 1. The molecule has 0 atom stereocenters. The largest absolute Gasteiger partial charge is 0.417 e. The normalized spacial score (nSPS) is 15.1. The first kappa shape index (κ1) is 17.9. The summed E-state index contributed by atoms with van der Waals surface area (Å²) in [4.78, 5) is 16.3. The Balaban J connectivity index is 2.19. The smallest absolute Gasteiger partial charge is 0.378 e. The second-order valence-electron chi connectivity index (χ2n) is 5.66. The van der Waals surface area contributed by atoms with Crippen LogP contribution >= 0.6 is 0 Å². The fourth-order valence-electron chi connectivity index (χ4n) is 2.87. The summed E-state index contributed by atoms with van der Waals surface area (Å²) in [6, 6.07) is 6.19. The molecule has 0 spiro atoms. The molecule has 2 N–H and O–H groups in total. The third-order valence-corrected chi connectivity index (χ3v) is 4.04. The first-order valence-electron chi connectivity index (χ1n) is 7.73. The van der Waals surface area contributed by atoms with E-state index in [1.165, 1.54) is 24.3 Å². The molecule has 1 aromatic carbocycles. The topological polar surface area (TPSA) is 94.5 Å². The van der Waals surface area contributed by atoms with Crippen molar-refractivity contribution >= 4 is 17.2 Å². The molecule has 0 amide bonds.